The lowest BCUT2D eigenvalue weighted by atomic mass is 9.99. The largest absolute Gasteiger partial charge is 0.455 e. The van der Waals surface area contributed by atoms with E-state index in [9.17, 15) is 0 Å². The topological polar surface area (TPSA) is 32.8 Å². The van der Waals surface area contributed by atoms with E-state index in [2.05, 4.69) is 228 Å². The minimum atomic E-state index is 0.874. The molecule has 282 valence electrons. The first-order valence-corrected chi connectivity index (χ1v) is 20.3. The van der Waals surface area contributed by atoms with Gasteiger partial charge in [0.05, 0.1) is 0 Å². The van der Waals surface area contributed by atoms with Gasteiger partial charge in [0.15, 0.2) is 0 Å². The Balaban J connectivity index is 0.912. The standard InChI is InChI=1S/C56H36N2O2/c1-5-13-41(14-6-1)57(42-15-7-2-8-16-42)45-25-29-47-39(33-45)21-27-49-51-35-37(23-31-53(51)59-55(47)49)38-24-32-54-52(36-38)50-28-22-40-34-46(26-30-48(40)56(50)60-54)58(43-17-9-3-10-18-43)44-19-11-4-12-20-44/h1-36H. The van der Waals surface area contributed by atoms with E-state index in [0.717, 1.165) is 111 Å². The summed E-state index contributed by atoms with van der Waals surface area (Å²) in [6.45, 7) is 0. The van der Waals surface area contributed by atoms with Gasteiger partial charge in [-0.3, -0.25) is 0 Å². The third kappa shape index (κ3) is 5.61. The van der Waals surface area contributed by atoms with Gasteiger partial charge in [-0.05, 0) is 143 Å². The molecule has 0 aliphatic heterocycles. The molecule has 0 aliphatic rings. The zero-order valence-electron chi connectivity index (χ0n) is 32.5. The highest BCUT2D eigenvalue weighted by Gasteiger charge is 2.18. The molecule has 0 saturated heterocycles. The molecule has 4 nitrogen and oxygen atoms in total. The first-order chi connectivity index (χ1) is 29.7. The van der Waals surface area contributed by atoms with Gasteiger partial charge < -0.3 is 18.6 Å². The van der Waals surface area contributed by atoms with Crippen LogP contribution in [0.15, 0.2) is 227 Å². The molecule has 0 fully saturated rings. The number of nitrogens with zero attached hydrogens (tertiary/aromatic N) is 2. The number of fused-ring (bicyclic) bond motifs is 10. The fourth-order valence-electron chi connectivity index (χ4n) is 8.94. The van der Waals surface area contributed by atoms with E-state index in [1.54, 1.807) is 0 Å². The normalized spacial score (nSPS) is 11.7. The molecule has 0 saturated carbocycles. The van der Waals surface area contributed by atoms with Gasteiger partial charge in [0.1, 0.15) is 22.3 Å². The Morgan fingerprint density at radius 2 is 0.600 bits per heavy atom. The maximum absolute atomic E-state index is 6.62. The molecule has 0 aliphatic carbocycles. The zero-order chi connectivity index (χ0) is 39.6. The van der Waals surface area contributed by atoms with E-state index < -0.39 is 0 Å². The van der Waals surface area contributed by atoms with Gasteiger partial charge >= 0.3 is 0 Å². The predicted molar refractivity (Wildman–Crippen MR) is 251 cm³/mol. The van der Waals surface area contributed by atoms with Crippen molar-refractivity contribution in [2.45, 2.75) is 0 Å². The van der Waals surface area contributed by atoms with Gasteiger partial charge in [0.2, 0.25) is 0 Å². The lowest BCUT2D eigenvalue weighted by Gasteiger charge is -2.25. The van der Waals surface area contributed by atoms with Crippen LogP contribution in [-0.2, 0) is 0 Å². The van der Waals surface area contributed by atoms with Gasteiger partial charge in [-0.2, -0.15) is 0 Å². The highest BCUT2D eigenvalue weighted by Crippen LogP contribution is 2.43. The SMILES string of the molecule is c1ccc(N(c2ccccc2)c2ccc3c(ccc4c5cc(-c6ccc7oc8c9ccc(N(c%10ccccc%10)c%10ccccc%10)cc9ccc8c7c6)ccc5oc34)c2)cc1. The molecule has 2 aromatic heterocycles. The number of benzene rings is 10. The second-order valence-corrected chi connectivity index (χ2v) is 15.3. The van der Waals surface area contributed by atoms with E-state index in [1.807, 2.05) is 0 Å². The van der Waals surface area contributed by atoms with Crippen molar-refractivity contribution in [1.82, 2.24) is 0 Å². The minimum absolute atomic E-state index is 0.874. The summed E-state index contributed by atoms with van der Waals surface area (Å²) in [6.07, 6.45) is 0. The maximum Gasteiger partial charge on any atom is 0.143 e. The quantitative estimate of drug-likeness (QED) is 0.162. The van der Waals surface area contributed by atoms with Crippen LogP contribution in [0.5, 0.6) is 0 Å². The molecule has 0 spiro atoms. The second-order valence-electron chi connectivity index (χ2n) is 15.3. The molecular weight excluding hydrogens is 733 g/mol. The summed E-state index contributed by atoms with van der Waals surface area (Å²) >= 11 is 0. The maximum atomic E-state index is 6.62. The summed E-state index contributed by atoms with van der Waals surface area (Å²) in [5.74, 6) is 0. The van der Waals surface area contributed by atoms with Crippen molar-refractivity contribution in [1.29, 1.82) is 0 Å². The van der Waals surface area contributed by atoms with Crippen LogP contribution in [0.3, 0.4) is 0 Å². The minimum Gasteiger partial charge on any atom is -0.455 e. The van der Waals surface area contributed by atoms with Crippen LogP contribution in [0.25, 0.3) is 76.5 Å². The number of para-hydroxylation sites is 4. The number of hydrogen-bond donors (Lipinski definition) is 0. The molecule has 0 amide bonds. The van der Waals surface area contributed by atoms with Crippen molar-refractivity contribution >= 4 is 99.5 Å². The highest BCUT2D eigenvalue weighted by molar-refractivity contribution is 6.18. The Bertz CT molecular complexity index is 3220. The third-order valence-corrected chi connectivity index (χ3v) is 11.8. The van der Waals surface area contributed by atoms with Crippen molar-refractivity contribution in [2.24, 2.45) is 0 Å². The average Bonchev–Trinajstić information content (AvgIpc) is 3.89. The average molecular weight is 769 g/mol. The Kier molecular flexibility index (Phi) is 7.82. The summed E-state index contributed by atoms with van der Waals surface area (Å²) < 4.78 is 13.2. The molecule has 2 heterocycles. The van der Waals surface area contributed by atoms with E-state index in [1.165, 1.54) is 0 Å². The third-order valence-electron chi connectivity index (χ3n) is 11.8. The van der Waals surface area contributed by atoms with E-state index in [-0.39, 0.29) is 0 Å². The molecule has 10 aromatic carbocycles. The number of furan rings is 2. The predicted octanol–water partition coefficient (Wildman–Crippen LogP) is 16.4. The first kappa shape index (κ1) is 34.0. The molecule has 0 unspecified atom stereocenters. The van der Waals surface area contributed by atoms with Crippen molar-refractivity contribution < 1.29 is 8.83 Å². The smallest absolute Gasteiger partial charge is 0.143 e. The Labute approximate surface area is 346 Å². The Morgan fingerprint density at radius 1 is 0.250 bits per heavy atom. The molecule has 12 aromatic rings. The first-order valence-electron chi connectivity index (χ1n) is 20.3. The van der Waals surface area contributed by atoms with E-state index in [0.29, 0.717) is 0 Å². The highest BCUT2D eigenvalue weighted by atomic mass is 16.3. The molecule has 0 N–H and O–H groups in total. The monoisotopic (exact) mass is 768 g/mol. The van der Waals surface area contributed by atoms with Crippen molar-refractivity contribution in [3.8, 4) is 11.1 Å². The summed E-state index contributed by atoms with van der Waals surface area (Å²) in [5.41, 5.74) is 12.4. The summed E-state index contributed by atoms with van der Waals surface area (Å²) in [6, 6.07) is 77.2. The molecule has 0 bridgehead atoms. The lowest BCUT2D eigenvalue weighted by molar-refractivity contribution is 0.672. The van der Waals surface area contributed by atoms with Crippen LogP contribution in [0.2, 0.25) is 0 Å². The van der Waals surface area contributed by atoms with Gasteiger partial charge in [0.25, 0.3) is 0 Å². The van der Waals surface area contributed by atoms with Crippen LogP contribution in [0, 0.1) is 0 Å². The summed E-state index contributed by atoms with van der Waals surface area (Å²) in [7, 11) is 0. The van der Waals surface area contributed by atoms with Crippen molar-refractivity contribution in [3.63, 3.8) is 0 Å². The molecular formula is C56H36N2O2. The molecule has 0 atom stereocenters. The zero-order valence-corrected chi connectivity index (χ0v) is 32.5. The molecule has 60 heavy (non-hydrogen) atoms. The van der Waals surface area contributed by atoms with Crippen LogP contribution in [0.4, 0.5) is 34.1 Å². The van der Waals surface area contributed by atoms with E-state index >= 15 is 0 Å². The van der Waals surface area contributed by atoms with Crippen LogP contribution in [-0.4, -0.2) is 0 Å². The van der Waals surface area contributed by atoms with E-state index in [4.69, 9.17) is 8.83 Å². The number of rotatable bonds is 7. The number of anilines is 6. The van der Waals surface area contributed by atoms with Crippen LogP contribution in [0.1, 0.15) is 0 Å². The van der Waals surface area contributed by atoms with Gasteiger partial charge in [0, 0.05) is 66.4 Å². The lowest BCUT2D eigenvalue weighted by Crippen LogP contribution is -2.09. The van der Waals surface area contributed by atoms with Crippen molar-refractivity contribution in [3.05, 3.63) is 218 Å². The molecule has 0 radical (unpaired) electrons. The molecule has 4 heteroatoms. The fourth-order valence-corrected chi connectivity index (χ4v) is 8.94. The number of hydrogen-bond acceptors (Lipinski definition) is 4. The Hall–Kier alpha value is -8.08. The van der Waals surface area contributed by atoms with Gasteiger partial charge in [-0.25, -0.2) is 0 Å². The van der Waals surface area contributed by atoms with Gasteiger partial charge in [-0.15, -0.1) is 0 Å². The fraction of sp³-hybridized carbons (Fsp3) is 0. The summed E-state index contributed by atoms with van der Waals surface area (Å²) in [5, 5.41) is 8.85. The van der Waals surface area contributed by atoms with Gasteiger partial charge in [-0.1, -0.05) is 97.1 Å². The molecule has 12 rings (SSSR count). The van der Waals surface area contributed by atoms with Crippen LogP contribution >= 0.6 is 0 Å². The second kappa shape index (κ2) is 13.8. The van der Waals surface area contributed by atoms with Crippen molar-refractivity contribution in [2.75, 3.05) is 9.80 Å². The Morgan fingerprint density at radius 3 is 0.967 bits per heavy atom. The van der Waals surface area contributed by atoms with Crippen LogP contribution < -0.4 is 9.80 Å². The summed E-state index contributed by atoms with van der Waals surface area (Å²) in [4.78, 5) is 4.58.